The highest BCUT2D eigenvalue weighted by Crippen LogP contribution is 2.28. The fourth-order valence-corrected chi connectivity index (χ4v) is 2.87. The van der Waals surface area contributed by atoms with E-state index in [9.17, 15) is 4.79 Å². The predicted octanol–water partition coefficient (Wildman–Crippen LogP) is 4.93. The standard InChI is InChI=1S/C20H18BrNO3/c1-12(2)14-6-4-13(5-7-14)10-17-20(23)25-19(22-17)16-11-15(21)8-9-18(16)24-3/h4-12H,1-3H3/b17-10-. The van der Waals surface area contributed by atoms with Crippen LogP contribution in [-0.4, -0.2) is 19.0 Å². The third kappa shape index (κ3) is 3.82. The maximum Gasteiger partial charge on any atom is 0.363 e. The number of aliphatic imine (C=N–C) groups is 1. The van der Waals surface area contributed by atoms with Crippen LogP contribution >= 0.6 is 15.9 Å². The van der Waals surface area contributed by atoms with Gasteiger partial charge in [0.05, 0.1) is 12.7 Å². The summed E-state index contributed by atoms with van der Waals surface area (Å²) < 4.78 is 11.5. The molecule has 0 aliphatic carbocycles. The largest absolute Gasteiger partial charge is 0.496 e. The zero-order chi connectivity index (χ0) is 18.0. The number of esters is 1. The molecule has 0 unspecified atom stereocenters. The monoisotopic (exact) mass is 399 g/mol. The molecule has 0 saturated heterocycles. The van der Waals surface area contributed by atoms with Gasteiger partial charge in [0.1, 0.15) is 5.75 Å². The molecule has 3 rings (SSSR count). The molecule has 2 aromatic rings. The maximum atomic E-state index is 12.2. The number of ether oxygens (including phenoxy) is 2. The van der Waals surface area contributed by atoms with Gasteiger partial charge in [-0.2, -0.15) is 0 Å². The van der Waals surface area contributed by atoms with Gasteiger partial charge < -0.3 is 9.47 Å². The van der Waals surface area contributed by atoms with Crippen molar-refractivity contribution in [2.24, 2.45) is 4.99 Å². The Morgan fingerprint density at radius 3 is 2.52 bits per heavy atom. The lowest BCUT2D eigenvalue weighted by Gasteiger charge is -2.07. The van der Waals surface area contributed by atoms with E-state index in [0.29, 0.717) is 17.2 Å². The van der Waals surface area contributed by atoms with Gasteiger partial charge in [-0.1, -0.05) is 54.0 Å². The Kier molecular flexibility index (Phi) is 5.04. The summed E-state index contributed by atoms with van der Waals surface area (Å²) in [5.41, 5.74) is 3.06. The van der Waals surface area contributed by atoms with E-state index in [2.05, 4.69) is 46.9 Å². The Hall–Kier alpha value is -2.40. The molecule has 0 atom stereocenters. The van der Waals surface area contributed by atoms with Crippen molar-refractivity contribution in [1.82, 2.24) is 0 Å². The van der Waals surface area contributed by atoms with Crippen LogP contribution in [0.1, 0.15) is 36.5 Å². The lowest BCUT2D eigenvalue weighted by molar-refractivity contribution is -0.129. The first kappa shape index (κ1) is 17.4. The molecule has 1 aliphatic heterocycles. The van der Waals surface area contributed by atoms with Crippen LogP contribution in [0.15, 0.2) is 57.6 Å². The van der Waals surface area contributed by atoms with Gasteiger partial charge in [0.2, 0.25) is 5.90 Å². The van der Waals surface area contributed by atoms with E-state index in [1.165, 1.54) is 5.56 Å². The van der Waals surface area contributed by atoms with Crippen LogP contribution in [0.2, 0.25) is 0 Å². The number of methoxy groups -OCH3 is 1. The van der Waals surface area contributed by atoms with Crippen LogP contribution in [0.5, 0.6) is 5.75 Å². The minimum Gasteiger partial charge on any atom is -0.496 e. The normalized spacial score (nSPS) is 15.5. The van der Waals surface area contributed by atoms with Gasteiger partial charge in [-0.05, 0) is 41.3 Å². The quantitative estimate of drug-likeness (QED) is 0.541. The van der Waals surface area contributed by atoms with E-state index >= 15 is 0 Å². The van der Waals surface area contributed by atoms with E-state index in [1.807, 2.05) is 24.3 Å². The highest BCUT2D eigenvalue weighted by molar-refractivity contribution is 9.10. The van der Waals surface area contributed by atoms with Gasteiger partial charge in [-0.25, -0.2) is 9.79 Å². The molecule has 25 heavy (non-hydrogen) atoms. The molecule has 128 valence electrons. The number of carbonyl (C=O) groups is 1. The Morgan fingerprint density at radius 1 is 1.16 bits per heavy atom. The zero-order valence-electron chi connectivity index (χ0n) is 14.2. The summed E-state index contributed by atoms with van der Waals surface area (Å²) in [5, 5.41) is 0. The van der Waals surface area contributed by atoms with E-state index in [-0.39, 0.29) is 11.6 Å². The Balaban J connectivity index is 1.94. The molecule has 0 aromatic heterocycles. The summed E-state index contributed by atoms with van der Waals surface area (Å²) >= 11 is 3.41. The molecule has 4 nitrogen and oxygen atoms in total. The van der Waals surface area contributed by atoms with E-state index in [4.69, 9.17) is 9.47 Å². The predicted molar refractivity (Wildman–Crippen MR) is 102 cm³/mol. The molecule has 0 fully saturated rings. The van der Waals surface area contributed by atoms with Gasteiger partial charge in [-0.15, -0.1) is 0 Å². The Labute approximate surface area is 155 Å². The topological polar surface area (TPSA) is 47.9 Å². The van der Waals surface area contributed by atoms with E-state index in [1.54, 1.807) is 19.3 Å². The summed E-state index contributed by atoms with van der Waals surface area (Å²) in [6.07, 6.45) is 1.73. The number of rotatable bonds is 4. The summed E-state index contributed by atoms with van der Waals surface area (Å²) in [7, 11) is 1.57. The van der Waals surface area contributed by atoms with Gasteiger partial charge in [0.15, 0.2) is 5.70 Å². The summed E-state index contributed by atoms with van der Waals surface area (Å²) in [6.45, 7) is 4.29. The molecule has 0 saturated carbocycles. The second-order valence-electron chi connectivity index (χ2n) is 6.00. The number of benzene rings is 2. The summed E-state index contributed by atoms with van der Waals surface area (Å²) in [6, 6.07) is 13.5. The third-order valence-electron chi connectivity index (χ3n) is 3.92. The van der Waals surface area contributed by atoms with E-state index < -0.39 is 5.97 Å². The number of hydrogen-bond donors (Lipinski definition) is 0. The van der Waals surface area contributed by atoms with Crippen molar-refractivity contribution in [3.63, 3.8) is 0 Å². The zero-order valence-corrected chi connectivity index (χ0v) is 15.8. The molecule has 1 aliphatic rings. The number of cyclic esters (lactones) is 1. The van der Waals surface area contributed by atoms with Crippen molar-refractivity contribution in [3.8, 4) is 5.75 Å². The van der Waals surface area contributed by atoms with Crippen LogP contribution in [0.25, 0.3) is 6.08 Å². The lowest BCUT2D eigenvalue weighted by atomic mass is 10.0. The molecule has 0 N–H and O–H groups in total. The van der Waals surface area contributed by atoms with Gasteiger partial charge >= 0.3 is 5.97 Å². The van der Waals surface area contributed by atoms with Crippen LogP contribution in [-0.2, 0) is 9.53 Å². The molecular formula is C20H18BrNO3. The van der Waals surface area contributed by atoms with E-state index in [0.717, 1.165) is 10.0 Å². The molecule has 1 heterocycles. The number of hydrogen-bond acceptors (Lipinski definition) is 4. The molecule has 2 aromatic carbocycles. The minimum absolute atomic E-state index is 0.244. The lowest BCUT2D eigenvalue weighted by Crippen LogP contribution is -2.07. The van der Waals surface area contributed by atoms with Crippen LogP contribution < -0.4 is 4.74 Å². The average molecular weight is 400 g/mol. The van der Waals surface area contributed by atoms with Gasteiger partial charge in [0.25, 0.3) is 0 Å². The van der Waals surface area contributed by atoms with Crippen LogP contribution in [0.3, 0.4) is 0 Å². The van der Waals surface area contributed by atoms with Gasteiger partial charge in [-0.3, -0.25) is 0 Å². The third-order valence-corrected chi connectivity index (χ3v) is 4.41. The number of carbonyl (C=O) groups excluding carboxylic acids is 1. The summed E-state index contributed by atoms with van der Waals surface area (Å²) in [5.74, 6) is 0.835. The maximum absolute atomic E-state index is 12.2. The minimum atomic E-state index is -0.468. The van der Waals surface area contributed by atoms with Crippen molar-refractivity contribution in [1.29, 1.82) is 0 Å². The van der Waals surface area contributed by atoms with Crippen LogP contribution in [0.4, 0.5) is 0 Å². The highest BCUT2D eigenvalue weighted by atomic mass is 79.9. The molecule has 0 spiro atoms. The first-order chi connectivity index (χ1) is 12.0. The molecule has 0 amide bonds. The summed E-state index contributed by atoms with van der Waals surface area (Å²) in [4.78, 5) is 16.5. The first-order valence-corrected chi connectivity index (χ1v) is 8.73. The molecular weight excluding hydrogens is 382 g/mol. The second-order valence-corrected chi connectivity index (χ2v) is 6.92. The van der Waals surface area contributed by atoms with Crippen molar-refractivity contribution in [3.05, 3.63) is 69.3 Å². The Morgan fingerprint density at radius 2 is 1.88 bits per heavy atom. The van der Waals surface area contributed by atoms with Crippen molar-refractivity contribution in [2.45, 2.75) is 19.8 Å². The van der Waals surface area contributed by atoms with Crippen molar-refractivity contribution in [2.75, 3.05) is 7.11 Å². The van der Waals surface area contributed by atoms with Crippen LogP contribution in [0, 0.1) is 0 Å². The smallest absolute Gasteiger partial charge is 0.363 e. The highest BCUT2D eigenvalue weighted by Gasteiger charge is 2.26. The Bertz CT molecular complexity index is 867. The fourth-order valence-electron chi connectivity index (χ4n) is 2.51. The van der Waals surface area contributed by atoms with Gasteiger partial charge in [0, 0.05) is 4.47 Å². The molecule has 0 bridgehead atoms. The second kappa shape index (κ2) is 7.23. The SMILES string of the molecule is COc1ccc(Br)cc1C1=N/C(=C\c2ccc(C(C)C)cc2)C(=O)O1. The molecule has 5 heteroatoms. The fraction of sp³-hybridized carbons (Fsp3) is 0.200. The number of halogens is 1. The van der Waals surface area contributed by atoms with Crippen molar-refractivity contribution < 1.29 is 14.3 Å². The molecule has 0 radical (unpaired) electrons. The average Bonchev–Trinajstić information content (AvgIpc) is 2.96. The first-order valence-electron chi connectivity index (χ1n) is 7.94. The van der Waals surface area contributed by atoms with Crippen molar-refractivity contribution >= 4 is 33.9 Å². The number of nitrogens with zero attached hydrogens (tertiary/aromatic N) is 1.